The summed E-state index contributed by atoms with van der Waals surface area (Å²) in [5.41, 5.74) is 1.16. The molecule has 3 rings (SSSR count). The van der Waals surface area contributed by atoms with E-state index in [0.717, 1.165) is 30.7 Å². The summed E-state index contributed by atoms with van der Waals surface area (Å²) in [5.74, 6) is 0. The van der Waals surface area contributed by atoms with Gasteiger partial charge in [-0.1, -0.05) is 0 Å². The standard InChI is InChI=1S/C15H18N4O2/c1-15(2)10-18(8-7-17-15)13-3-4-14(19(20)21)11-5-6-16-9-12(11)13/h3-6,9,17H,7-8,10H2,1-2H3. The molecule has 1 fully saturated rings. The molecule has 1 aromatic carbocycles. The number of anilines is 1. The van der Waals surface area contributed by atoms with Crippen molar-refractivity contribution in [1.29, 1.82) is 0 Å². The Morgan fingerprint density at radius 1 is 1.33 bits per heavy atom. The summed E-state index contributed by atoms with van der Waals surface area (Å²) in [5, 5.41) is 16.1. The third kappa shape index (κ3) is 2.54. The Hall–Kier alpha value is -2.21. The van der Waals surface area contributed by atoms with E-state index in [4.69, 9.17) is 0 Å². The Morgan fingerprint density at radius 2 is 2.14 bits per heavy atom. The van der Waals surface area contributed by atoms with Gasteiger partial charge >= 0.3 is 0 Å². The van der Waals surface area contributed by atoms with Crippen LogP contribution in [-0.2, 0) is 0 Å². The lowest BCUT2D eigenvalue weighted by Gasteiger charge is -2.40. The molecule has 0 atom stereocenters. The van der Waals surface area contributed by atoms with Gasteiger partial charge < -0.3 is 10.2 Å². The number of nitrogens with one attached hydrogen (secondary N) is 1. The van der Waals surface area contributed by atoms with Gasteiger partial charge in [-0.15, -0.1) is 0 Å². The van der Waals surface area contributed by atoms with Crippen molar-refractivity contribution < 1.29 is 4.92 Å². The minimum Gasteiger partial charge on any atom is -0.368 e. The van der Waals surface area contributed by atoms with Crippen LogP contribution in [0.3, 0.4) is 0 Å². The van der Waals surface area contributed by atoms with Crippen molar-refractivity contribution in [3.63, 3.8) is 0 Å². The second-order valence-corrected chi connectivity index (χ2v) is 6.01. The van der Waals surface area contributed by atoms with E-state index in [0.29, 0.717) is 5.39 Å². The molecule has 110 valence electrons. The van der Waals surface area contributed by atoms with Crippen LogP contribution in [-0.4, -0.2) is 35.1 Å². The van der Waals surface area contributed by atoms with Gasteiger partial charge in [0.05, 0.1) is 10.3 Å². The van der Waals surface area contributed by atoms with Crippen LogP contribution in [0.25, 0.3) is 10.8 Å². The van der Waals surface area contributed by atoms with Crippen LogP contribution in [0, 0.1) is 10.1 Å². The number of fused-ring (bicyclic) bond motifs is 1. The van der Waals surface area contributed by atoms with E-state index in [1.165, 1.54) is 0 Å². The van der Waals surface area contributed by atoms with Gasteiger partial charge in [0.25, 0.3) is 5.69 Å². The van der Waals surface area contributed by atoms with Crippen molar-refractivity contribution in [2.45, 2.75) is 19.4 Å². The monoisotopic (exact) mass is 286 g/mol. The molecule has 0 unspecified atom stereocenters. The molecule has 0 spiro atoms. The fraction of sp³-hybridized carbons (Fsp3) is 0.400. The minimum atomic E-state index is -0.339. The normalized spacial score (nSPS) is 17.9. The Labute approximate surface area is 122 Å². The van der Waals surface area contributed by atoms with Gasteiger partial charge in [-0.2, -0.15) is 0 Å². The third-order valence-corrected chi connectivity index (χ3v) is 3.88. The van der Waals surface area contributed by atoms with Crippen LogP contribution >= 0.6 is 0 Å². The largest absolute Gasteiger partial charge is 0.368 e. The number of non-ortho nitro benzene ring substituents is 1. The van der Waals surface area contributed by atoms with E-state index in [-0.39, 0.29) is 16.1 Å². The second-order valence-electron chi connectivity index (χ2n) is 6.01. The molecule has 1 aromatic heterocycles. The zero-order chi connectivity index (χ0) is 15.0. The van der Waals surface area contributed by atoms with Crippen LogP contribution in [0.15, 0.2) is 30.6 Å². The van der Waals surface area contributed by atoms with E-state index < -0.39 is 0 Å². The van der Waals surface area contributed by atoms with Gasteiger partial charge in [0.1, 0.15) is 0 Å². The quantitative estimate of drug-likeness (QED) is 0.677. The fourth-order valence-corrected chi connectivity index (χ4v) is 2.94. The number of benzene rings is 1. The maximum Gasteiger partial charge on any atom is 0.277 e. The summed E-state index contributed by atoms with van der Waals surface area (Å²) in [7, 11) is 0. The first-order valence-corrected chi connectivity index (χ1v) is 6.99. The molecule has 1 N–H and O–H groups in total. The lowest BCUT2D eigenvalue weighted by atomic mass is 10.0. The molecular formula is C15H18N4O2. The highest BCUT2D eigenvalue weighted by molar-refractivity contribution is 5.99. The first-order chi connectivity index (χ1) is 9.98. The van der Waals surface area contributed by atoms with E-state index in [1.807, 2.05) is 6.07 Å². The summed E-state index contributed by atoms with van der Waals surface area (Å²) < 4.78 is 0. The van der Waals surface area contributed by atoms with Crippen molar-refractivity contribution in [3.05, 3.63) is 40.7 Å². The lowest BCUT2D eigenvalue weighted by molar-refractivity contribution is -0.383. The van der Waals surface area contributed by atoms with Gasteiger partial charge in [-0.25, -0.2) is 0 Å². The first-order valence-electron chi connectivity index (χ1n) is 6.99. The summed E-state index contributed by atoms with van der Waals surface area (Å²) in [6.45, 7) is 6.95. The summed E-state index contributed by atoms with van der Waals surface area (Å²) in [6.07, 6.45) is 3.31. The molecule has 0 saturated carbocycles. The first kappa shape index (κ1) is 13.8. The maximum absolute atomic E-state index is 11.2. The summed E-state index contributed by atoms with van der Waals surface area (Å²) >= 11 is 0. The van der Waals surface area contributed by atoms with E-state index in [9.17, 15) is 10.1 Å². The highest BCUT2D eigenvalue weighted by Gasteiger charge is 2.27. The smallest absolute Gasteiger partial charge is 0.277 e. The average molecular weight is 286 g/mol. The molecule has 2 heterocycles. The number of aromatic nitrogens is 1. The maximum atomic E-state index is 11.2. The number of pyridine rings is 1. The molecule has 21 heavy (non-hydrogen) atoms. The zero-order valence-corrected chi connectivity index (χ0v) is 12.2. The number of hydrogen-bond acceptors (Lipinski definition) is 5. The molecule has 2 aromatic rings. The highest BCUT2D eigenvalue weighted by atomic mass is 16.6. The van der Waals surface area contributed by atoms with Crippen molar-refractivity contribution in [3.8, 4) is 0 Å². The SMILES string of the molecule is CC1(C)CN(c2ccc([N+](=O)[O-])c3ccncc23)CCN1. The van der Waals surface area contributed by atoms with Crippen LogP contribution < -0.4 is 10.2 Å². The highest BCUT2D eigenvalue weighted by Crippen LogP contribution is 2.33. The van der Waals surface area contributed by atoms with Gasteiger partial charge in [-0.3, -0.25) is 15.1 Å². The predicted molar refractivity (Wildman–Crippen MR) is 82.7 cm³/mol. The van der Waals surface area contributed by atoms with Crippen LogP contribution in [0.1, 0.15) is 13.8 Å². The zero-order valence-electron chi connectivity index (χ0n) is 12.2. The van der Waals surface area contributed by atoms with Crippen molar-refractivity contribution in [2.75, 3.05) is 24.5 Å². The number of hydrogen-bond donors (Lipinski definition) is 1. The molecule has 6 nitrogen and oxygen atoms in total. The van der Waals surface area contributed by atoms with Crippen LogP contribution in [0.4, 0.5) is 11.4 Å². The van der Waals surface area contributed by atoms with Crippen molar-refractivity contribution >= 4 is 22.1 Å². The Morgan fingerprint density at radius 3 is 2.86 bits per heavy atom. The number of nitro benzene ring substituents is 1. The molecule has 0 bridgehead atoms. The molecule has 6 heteroatoms. The van der Waals surface area contributed by atoms with E-state index in [2.05, 4.69) is 29.0 Å². The number of nitro groups is 1. The Bertz CT molecular complexity index is 699. The molecule has 1 aliphatic rings. The van der Waals surface area contributed by atoms with E-state index >= 15 is 0 Å². The number of rotatable bonds is 2. The fourth-order valence-electron chi connectivity index (χ4n) is 2.94. The van der Waals surface area contributed by atoms with Gasteiger partial charge in [-0.05, 0) is 26.0 Å². The van der Waals surface area contributed by atoms with E-state index in [1.54, 1.807) is 24.5 Å². The minimum absolute atomic E-state index is 0.0224. The van der Waals surface area contributed by atoms with Crippen molar-refractivity contribution in [2.24, 2.45) is 0 Å². The summed E-state index contributed by atoms with van der Waals surface area (Å²) in [6, 6.07) is 5.14. The average Bonchev–Trinajstić information content (AvgIpc) is 2.44. The van der Waals surface area contributed by atoms with Gasteiger partial charge in [0.15, 0.2) is 0 Å². The van der Waals surface area contributed by atoms with Gasteiger partial charge in [0, 0.05) is 54.7 Å². The number of piperazine rings is 1. The molecule has 0 radical (unpaired) electrons. The van der Waals surface area contributed by atoms with Crippen LogP contribution in [0.5, 0.6) is 0 Å². The molecular weight excluding hydrogens is 268 g/mol. The molecule has 0 amide bonds. The third-order valence-electron chi connectivity index (χ3n) is 3.88. The topological polar surface area (TPSA) is 71.3 Å². The Balaban J connectivity index is 2.12. The molecule has 0 aliphatic carbocycles. The molecule has 1 saturated heterocycles. The summed E-state index contributed by atoms with van der Waals surface area (Å²) in [4.78, 5) is 17.2. The second kappa shape index (κ2) is 4.96. The number of nitrogens with zero attached hydrogens (tertiary/aromatic N) is 3. The predicted octanol–water partition coefficient (Wildman–Crippen LogP) is 2.33. The van der Waals surface area contributed by atoms with Gasteiger partial charge in [0.2, 0.25) is 0 Å². The molecule has 1 aliphatic heterocycles. The lowest BCUT2D eigenvalue weighted by Crippen LogP contribution is -2.57. The van der Waals surface area contributed by atoms with Crippen molar-refractivity contribution in [1.82, 2.24) is 10.3 Å². The van der Waals surface area contributed by atoms with Crippen LogP contribution in [0.2, 0.25) is 0 Å². The Kier molecular flexibility index (Phi) is 3.25.